The molecule has 0 saturated carbocycles. The van der Waals surface area contributed by atoms with E-state index in [4.69, 9.17) is 5.73 Å². The van der Waals surface area contributed by atoms with E-state index in [1.165, 1.54) is 11.1 Å². The normalized spacial score (nSPS) is 17.0. The molecular weight excluding hydrogens is 360 g/mol. The molecule has 2 aromatic rings. The largest absolute Gasteiger partial charge is 0.399 e. The Morgan fingerprint density at radius 3 is 2.74 bits per heavy atom. The van der Waals surface area contributed by atoms with Crippen LogP contribution in [0.3, 0.4) is 0 Å². The second kappa shape index (κ2) is 10.2. The summed E-state index contributed by atoms with van der Waals surface area (Å²) < 4.78 is 0. The lowest BCUT2D eigenvalue weighted by atomic mass is 9.97. The van der Waals surface area contributed by atoms with Gasteiger partial charge in [0.15, 0.2) is 0 Å². The fourth-order valence-electron chi connectivity index (χ4n) is 3.46. The van der Waals surface area contributed by atoms with Crippen molar-refractivity contribution in [3.63, 3.8) is 0 Å². The Balaban J connectivity index is 0.00000261. The number of piperidine rings is 1. The highest BCUT2D eigenvalue weighted by Crippen LogP contribution is 2.19. The van der Waals surface area contributed by atoms with Crippen LogP contribution < -0.4 is 16.4 Å². The number of hydrogen-bond donors (Lipinski definition) is 3. The van der Waals surface area contributed by atoms with Crippen LogP contribution in [0.5, 0.6) is 0 Å². The summed E-state index contributed by atoms with van der Waals surface area (Å²) in [6.45, 7) is 5.74. The molecule has 146 valence electrons. The third-order valence-electron chi connectivity index (χ3n) is 4.82. The highest BCUT2D eigenvalue weighted by Gasteiger charge is 2.20. The van der Waals surface area contributed by atoms with Gasteiger partial charge in [0, 0.05) is 31.0 Å². The fraction of sp³-hybridized carbons (Fsp3) is 0.381. The molecule has 27 heavy (non-hydrogen) atoms. The maximum Gasteiger partial charge on any atom is 0.319 e. The zero-order chi connectivity index (χ0) is 18.4. The Hall–Kier alpha value is -2.24. The first-order valence-electron chi connectivity index (χ1n) is 9.27. The van der Waals surface area contributed by atoms with Crippen LogP contribution in [0.15, 0.2) is 48.5 Å². The van der Waals surface area contributed by atoms with Crippen molar-refractivity contribution in [2.24, 2.45) is 5.92 Å². The molecule has 5 nitrogen and oxygen atoms in total. The topological polar surface area (TPSA) is 70.4 Å². The van der Waals surface area contributed by atoms with E-state index in [-0.39, 0.29) is 18.4 Å². The zero-order valence-electron chi connectivity index (χ0n) is 15.8. The predicted molar refractivity (Wildman–Crippen MR) is 114 cm³/mol. The van der Waals surface area contributed by atoms with E-state index in [1.54, 1.807) is 0 Å². The number of nitrogens with one attached hydrogen (secondary N) is 2. The number of benzene rings is 2. The molecule has 2 amide bonds. The number of amides is 2. The number of carbonyl (C=O) groups is 1. The quantitative estimate of drug-likeness (QED) is 0.677. The highest BCUT2D eigenvalue weighted by atomic mass is 35.5. The van der Waals surface area contributed by atoms with Gasteiger partial charge in [-0.2, -0.15) is 0 Å². The molecular formula is C21H29ClN4O. The van der Waals surface area contributed by atoms with Crippen molar-refractivity contribution in [2.75, 3.05) is 30.7 Å². The summed E-state index contributed by atoms with van der Waals surface area (Å²) in [6, 6.07) is 15.8. The van der Waals surface area contributed by atoms with Crippen LogP contribution in [-0.4, -0.2) is 30.6 Å². The first kappa shape index (κ1) is 21.1. The number of nitrogens with two attached hydrogens (primary N) is 1. The van der Waals surface area contributed by atoms with Gasteiger partial charge in [0.25, 0.3) is 0 Å². The molecule has 1 aliphatic rings. The summed E-state index contributed by atoms with van der Waals surface area (Å²) in [5, 5.41) is 5.90. The Morgan fingerprint density at radius 2 is 2.00 bits per heavy atom. The standard InChI is InChI=1S/C21H28N4O.ClH/c1-16-7-9-20(10-8-16)24-21(26)23-13-18-5-3-11-25(15-18)14-17-4-2-6-19(22)12-17;/h2,4,6-10,12,18H,3,5,11,13-15,22H2,1H3,(H2,23,24,26);1H. The average molecular weight is 389 g/mol. The van der Waals surface area contributed by atoms with Gasteiger partial charge in [-0.25, -0.2) is 4.79 Å². The van der Waals surface area contributed by atoms with Crippen LogP contribution in [0.1, 0.15) is 24.0 Å². The number of likely N-dealkylation sites (tertiary alicyclic amines) is 1. The first-order valence-corrected chi connectivity index (χ1v) is 9.27. The number of halogens is 1. The van der Waals surface area contributed by atoms with Crippen molar-refractivity contribution in [1.82, 2.24) is 10.2 Å². The van der Waals surface area contributed by atoms with E-state index in [0.29, 0.717) is 12.5 Å². The smallest absolute Gasteiger partial charge is 0.319 e. The van der Waals surface area contributed by atoms with Gasteiger partial charge in [0.2, 0.25) is 0 Å². The van der Waals surface area contributed by atoms with Gasteiger partial charge < -0.3 is 16.4 Å². The van der Waals surface area contributed by atoms with Gasteiger partial charge in [-0.05, 0) is 62.1 Å². The monoisotopic (exact) mass is 388 g/mol. The summed E-state index contributed by atoms with van der Waals surface area (Å²) >= 11 is 0. The number of anilines is 2. The minimum atomic E-state index is -0.137. The molecule has 0 aromatic heterocycles. The molecule has 2 aromatic carbocycles. The van der Waals surface area contributed by atoms with Gasteiger partial charge in [-0.3, -0.25) is 4.90 Å². The number of urea groups is 1. The van der Waals surface area contributed by atoms with Gasteiger partial charge in [-0.15, -0.1) is 12.4 Å². The van der Waals surface area contributed by atoms with E-state index < -0.39 is 0 Å². The minimum absolute atomic E-state index is 0. The summed E-state index contributed by atoms with van der Waals surface area (Å²) in [4.78, 5) is 14.5. The van der Waals surface area contributed by atoms with Crippen molar-refractivity contribution < 1.29 is 4.79 Å². The summed E-state index contributed by atoms with van der Waals surface area (Å²) in [6.07, 6.45) is 2.31. The molecule has 1 aliphatic heterocycles. The van der Waals surface area contributed by atoms with Crippen molar-refractivity contribution in [3.8, 4) is 0 Å². The Kier molecular flexibility index (Phi) is 7.95. The maximum atomic E-state index is 12.1. The SMILES string of the molecule is Cc1ccc(NC(=O)NCC2CCCN(Cc3cccc(N)c3)C2)cc1.Cl. The fourth-order valence-corrected chi connectivity index (χ4v) is 3.46. The van der Waals surface area contributed by atoms with Crippen LogP contribution in [0.4, 0.5) is 16.2 Å². The first-order chi connectivity index (χ1) is 12.6. The maximum absolute atomic E-state index is 12.1. The number of carbonyl (C=O) groups excluding carboxylic acids is 1. The Bertz CT molecular complexity index is 735. The van der Waals surface area contributed by atoms with E-state index in [1.807, 2.05) is 49.4 Å². The molecule has 3 rings (SSSR count). The van der Waals surface area contributed by atoms with E-state index in [9.17, 15) is 4.79 Å². The van der Waals surface area contributed by atoms with Crippen LogP contribution in [0, 0.1) is 12.8 Å². The third kappa shape index (κ3) is 6.77. The zero-order valence-corrected chi connectivity index (χ0v) is 16.6. The summed E-state index contributed by atoms with van der Waals surface area (Å²) in [5.74, 6) is 0.480. The molecule has 1 fully saturated rings. The highest BCUT2D eigenvalue weighted by molar-refractivity contribution is 5.89. The average Bonchev–Trinajstić information content (AvgIpc) is 2.62. The third-order valence-corrected chi connectivity index (χ3v) is 4.82. The van der Waals surface area contributed by atoms with Crippen molar-refractivity contribution in [3.05, 3.63) is 59.7 Å². The molecule has 1 heterocycles. The molecule has 4 N–H and O–H groups in total. The molecule has 1 atom stereocenters. The van der Waals surface area contributed by atoms with Crippen molar-refractivity contribution >= 4 is 29.8 Å². The van der Waals surface area contributed by atoms with Crippen molar-refractivity contribution in [2.45, 2.75) is 26.3 Å². The lowest BCUT2D eigenvalue weighted by Crippen LogP contribution is -2.41. The molecule has 1 unspecified atom stereocenters. The predicted octanol–water partition coefficient (Wildman–Crippen LogP) is 4.03. The van der Waals surface area contributed by atoms with Crippen molar-refractivity contribution in [1.29, 1.82) is 0 Å². The summed E-state index contributed by atoms with van der Waals surface area (Å²) in [7, 11) is 0. The second-order valence-electron chi connectivity index (χ2n) is 7.19. The lowest BCUT2D eigenvalue weighted by molar-refractivity contribution is 0.166. The number of hydrogen-bond acceptors (Lipinski definition) is 3. The molecule has 0 radical (unpaired) electrons. The van der Waals surface area contributed by atoms with Gasteiger partial charge in [0.1, 0.15) is 0 Å². The molecule has 0 spiro atoms. The lowest BCUT2D eigenvalue weighted by Gasteiger charge is -2.32. The molecule has 1 saturated heterocycles. The number of rotatable bonds is 5. The summed E-state index contributed by atoms with van der Waals surface area (Å²) in [5.41, 5.74) is 9.93. The van der Waals surface area contributed by atoms with Gasteiger partial charge >= 0.3 is 6.03 Å². The van der Waals surface area contributed by atoms with Crippen LogP contribution in [0.2, 0.25) is 0 Å². The number of nitrogens with zero attached hydrogens (tertiary/aromatic N) is 1. The van der Waals surface area contributed by atoms with E-state index in [0.717, 1.165) is 43.9 Å². The van der Waals surface area contributed by atoms with Crippen LogP contribution >= 0.6 is 12.4 Å². The van der Waals surface area contributed by atoms with E-state index in [2.05, 4.69) is 21.6 Å². The van der Waals surface area contributed by atoms with Gasteiger partial charge in [-0.1, -0.05) is 29.8 Å². The Morgan fingerprint density at radius 1 is 1.22 bits per heavy atom. The molecule has 0 aliphatic carbocycles. The Labute approximate surface area is 167 Å². The van der Waals surface area contributed by atoms with Crippen LogP contribution in [0.25, 0.3) is 0 Å². The van der Waals surface area contributed by atoms with Crippen LogP contribution in [-0.2, 0) is 6.54 Å². The number of nitrogen functional groups attached to an aromatic ring is 1. The minimum Gasteiger partial charge on any atom is -0.399 e. The second-order valence-corrected chi connectivity index (χ2v) is 7.19. The van der Waals surface area contributed by atoms with E-state index >= 15 is 0 Å². The molecule has 6 heteroatoms. The van der Waals surface area contributed by atoms with Gasteiger partial charge in [0.05, 0.1) is 0 Å². The molecule has 0 bridgehead atoms. The number of aryl methyl sites for hydroxylation is 1.